The zero-order chi connectivity index (χ0) is 26.5. The molecule has 3 aliphatic rings. The van der Waals surface area contributed by atoms with Gasteiger partial charge in [-0.05, 0) is 49.4 Å². The van der Waals surface area contributed by atoms with E-state index < -0.39 is 54.1 Å². The number of aliphatic hydroxyl groups is 1. The van der Waals surface area contributed by atoms with Crippen molar-refractivity contribution in [3.8, 4) is 0 Å². The van der Waals surface area contributed by atoms with E-state index in [0.29, 0.717) is 24.1 Å². The van der Waals surface area contributed by atoms with Crippen molar-refractivity contribution in [3.05, 3.63) is 77.9 Å². The molecular formula is C29H32N2O6. The standard InChI is InChI=1S/C29H32N2O6/c1-4-14-30(20-15-17(2)10-11-18(20)3)27(34)25-29-13-12-22(37-29)23(28(35)36)24(29)26(33)31(25)21(16-32)19-8-6-5-7-9-19/h4-11,15,21-25,32H,1,12-14,16H2,2-3H3,(H,35,36)/t21-,22+,23-,24-,25+,29-/m1/s1. The molecule has 6 atom stereocenters. The van der Waals surface area contributed by atoms with Crippen LogP contribution in [0.25, 0.3) is 0 Å². The number of carbonyl (C=O) groups is 3. The number of hydrogen-bond acceptors (Lipinski definition) is 5. The van der Waals surface area contributed by atoms with Crippen LogP contribution in [0, 0.1) is 25.7 Å². The lowest BCUT2D eigenvalue weighted by molar-refractivity contribution is -0.151. The fourth-order valence-electron chi connectivity index (χ4n) is 6.61. The van der Waals surface area contributed by atoms with Crippen molar-refractivity contribution in [2.45, 2.75) is 50.5 Å². The molecule has 2 N–H and O–H groups in total. The van der Waals surface area contributed by atoms with E-state index in [4.69, 9.17) is 4.74 Å². The summed E-state index contributed by atoms with van der Waals surface area (Å²) >= 11 is 0. The molecule has 0 saturated carbocycles. The van der Waals surface area contributed by atoms with E-state index in [9.17, 15) is 24.6 Å². The van der Waals surface area contributed by atoms with Crippen molar-refractivity contribution in [2.75, 3.05) is 18.1 Å². The number of carboxylic acid groups (broad SMARTS) is 1. The van der Waals surface area contributed by atoms with Gasteiger partial charge in [-0.15, -0.1) is 6.58 Å². The minimum atomic E-state index is -1.28. The Balaban J connectivity index is 1.67. The Morgan fingerprint density at radius 2 is 1.97 bits per heavy atom. The molecule has 2 aromatic rings. The molecule has 0 radical (unpaired) electrons. The summed E-state index contributed by atoms with van der Waals surface area (Å²) in [5.74, 6) is -3.97. The molecule has 5 rings (SSSR count). The first-order valence-corrected chi connectivity index (χ1v) is 12.6. The number of amides is 2. The molecule has 37 heavy (non-hydrogen) atoms. The predicted molar refractivity (Wildman–Crippen MR) is 137 cm³/mol. The third-order valence-electron chi connectivity index (χ3n) is 8.18. The SMILES string of the molecule is C=CCN(C(=O)[C@@H]1N([C@H](CO)c2ccccc2)C(=O)[C@H]2[C@H](C(=O)O)[C@@H]3CC[C@]12O3)c1cc(C)ccc1C. The van der Waals surface area contributed by atoms with Gasteiger partial charge in [-0.3, -0.25) is 14.4 Å². The number of rotatable bonds is 8. The average Bonchev–Trinajstić information content (AvgIpc) is 3.53. The lowest BCUT2D eigenvalue weighted by Crippen LogP contribution is -2.57. The molecule has 1 spiro atoms. The van der Waals surface area contributed by atoms with Crippen LogP contribution in [0.5, 0.6) is 0 Å². The molecule has 3 aliphatic heterocycles. The molecule has 3 saturated heterocycles. The van der Waals surface area contributed by atoms with Crippen molar-refractivity contribution < 1.29 is 29.3 Å². The van der Waals surface area contributed by atoms with E-state index in [1.165, 1.54) is 4.90 Å². The highest BCUT2D eigenvalue weighted by Crippen LogP contribution is 2.60. The molecule has 194 valence electrons. The quantitative estimate of drug-likeness (QED) is 0.535. The van der Waals surface area contributed by atoms with Gasteiger partial charge in [0.1, 0.15) is 11.6 Å². The number of anilines is 1. The normalized spacial score (nSPS) is 28.7. The summed E-state index contributed by atoms with van der Waals surface area (Å²) in [7, 11) is 0. The van der Waals surface area contributed by atoms with Crippen LogP contribution in [0.4, 0.5) is 5.69 Å². The summed E-state index contributed by atoms with van der Waals surface area (Å²) in [6.45, 7) is 7.47. The molecule has 0 unspecified atom stereocenters. The predicted octanol–water partition coefficient (Wildman–Crippen LogP) is 3.02. The number of aliphatic carboxylic acids is 1. The average molecular weight is 505 g/mol. The first-order valence-electron chi connectivity index (χ1n) is 12.6. The molecule has 2 amide bonds. The Labute approximate surface area is 216 Å². The summed E-state index contributed by atoms with van der Waals surface area (Å²) in [5.41, 5.74) is 1.93. The fourth-order valence-corrected chi connectivity index (χ4v) is 6.61. The number of nitrogens with zero attached hydrogens (tertiary/aromatic N) is 2. The third kappa shape index (κ3) is 3.78. The highest BCUT2D eigenvalue weighted by Gasteiger charge is 2.75. The maximum Gasteiger partial charge on any atom is 0.310 e. The summed E-state index contributed by atoms with van der Waals surface area (Å²) in [5, 5.41) is 20.6. The van der Waals surface area contributed by atoms with Crippen molar-refractivity contribution >= 4 is 23.5 Å². The molecule has 3 fully saturated rings. The number of benzene rings is 2. The first-order chi connectivity index (χ1) is 17.7. The van der Waals surface area contributed by atoms with Crippen LogP contribution in [0.1, 0.15) is 35.6 Å². The van der Waals surface area contributed by atoms with Crippen molar-refractivity contribution in [3.63, 3.8) is 0 Å². The topological polar surface area (TPSA) is 107 Å². The van der Waals surface area contributed by atoms with E-state index in [-0.39, 0.29) is 12.5 Å². The zero-order valence-electron chi connectivity index (χ0n) is 21.0. The van der Waals surface area contributed by atoms with Gasteiger partial charge in [-0.1, -0.05) is 48.5 Å². The third-order valence-corrected chi connectivity index (χ3v) is 8.18. The van der Waals surface area contributed by atoms with Crippen molar-refractivity contribution in [1.82, 2.24) is 4.90 Å². The van der Waals surface area contributed by atoms with Crippen LogP contribution in [0.15, 0.2) is 61.2 Å². The van der Waals surface area contributed by atoms with E-state index in [1.54, 1.807) is 35.2 Å². The van der Waals surface area contributed by atoms with Gasteiger partial charge in [-0.2, -0.15) is 0 Å². The van der Waals surface area contributed by atoms with E-state index in [0.717, 1.165) is 11.1 Å². The van der Waals surface area contributed by atoms with Gasteiger partial charge in [-0.25, -0.2) is 0 Å². The van der Waals surface area contributed by atoms with Gasteiger partial charge in [0.05, 0.1) is 30.6 Å². The van der Waals surface area contributed by atoms with Crippen LogP contribution in [-0.4, -0.2) is 63.8 Å². The Kier molecular flexibility index (Phi) is 6.41. The van der Waals surface area contributed by atoms with Gasteiger partial charge in [0.2, 0.25) is 5.91 Å². The maximum atomic E-state index is 14.6. The van der Waals surface area contributed by atoms with Crippen LogP contribution in [0.3, 0.4) is 0 Å². The maximum absolute atomic E-state index is 14.6. The molecule has 2 bridgehead atoms. The summed E-state index contributed by atoms with van der Waals surface area (Å²) in [4.78, 5) is 44.0. The first kappa shape index (κ1) is 25.2. The zero-order valence-corrected chi connectivity index (χ0v) is 21.0. The van der Waals surface area contributed by atoms with Crippen LogP contribution in [0.2, 0.25) is 0 Å². The number of ether oxygens (including phenoxy) is 1. The Morgan fingerprint density at radius 1 is 1.24 bits per heavy atom. The number of likely N-dealkylation sites (tertiary alicyclic amines) is 1. The second kappa shape index (κ2) is 9.43. The van der Waals surface area contributed by atoms with E-state index in [1.807, 2.05) is 38.1 Å². The lowest BCUT2D eigenvalue weighted by atomic mass is 9.70. The summed E-state index contributed by atoms with van der Waals surface area (Å²) in [6, 6.07) is 12.9. The van der Waals surface area contributed by atoms with Crippen LogP contribution in [-0.2, 0) is 19.1 Å². The van der Waals surface area contributed by atoms with Crippen molar-refractivity contribution in [1.29, 1.82) is 0 Å². The molecule has 2 aromatic carbocycles. The minimum Gasteiger partial charge on any atom is -0.481 e. The molecular weight excluding hydrogens is 472 g/mol. The summed E-state index contributed by atoms with van der Waals surface area (Å²) in [6.07, 6.45) is 1.86. The molecule has 0 aliphatic carbocycles. The largest absolute Gasteiger partial charge is 0.481 e. The fraction of sp³-hybridized carbons (Fsp3) is 0.414. The van der Waals surface area contributed by atoms with Crippen LogP contribution < -0.4 is 4.90 Å². The second-order valence-electron chi connectivity index (χ2n) is 10.3. The number of aryl methyl sites for hydroxylation is 2. The molecule has 8 nitrogen and oxygen atoms in total. The number of aliphatic hydroxyl groups excluding tert-OH is 1. The molecule has 8 heteroatoms. The Bertz CT molecular complexity index is 1250. The molecule has 0 aromatic heterocycles. The number of carbonyl (C=O) groups excluding carboxylic acids is 2. The van der Waals surface area contributed by atoms with Crippen molar-refractivity contribution in [2.24, 2.45) is 11.8 Å². The minimum absolute atomic E-state index is 0.198. The molecule has 3 heterocycles. The second-order valence-corrected chi connectivity index (χ2v) is 10.3. The highest BCUT2D eigenvalue weighted by atomic mass is 16.5. The van der Waals surface area contributed by atoms with Crippen LogP contribution >= 0.6 is 0 Å². The number of carboxylic acids is 1. The Hall–Kier alpha value is -3.49. The van der Waals surface area contributed by atoms with Gasteiger partial charge in [0.15, 0.2) is 0 Å². The smallest absolute Gasteiger partial charge is 0.310 e. The Morgan fingerprint density at radius 3 is 2.62 bits per heavy atom. The number of fused-ring (bicyclic) bond motifs is 1. The highest BCUT2D eigenvalue weighted by molar-refractivity contribution is 6.05. The van der Waals surface area contributed by atoms with Gasteiger partial charge < -0.3 is 24.7 Å². The van der Waals surface area contributed by atoms with E-state index >= 15 is 0 Å². The number of hydrogen-bond donors (Lipinski definition) is 2. The lowest BCUT2D eigenvalue weighted by Gasteiger charge is -2.39. The van der Waals surface area contributed by atoms with Gasteiger partial charge in [0, 0.05) is 12.2 Å². The van der Waals surface area contributed by atoms with E-state index in [2.05, 4.69) is 6.58 Å². The van der Waals surface area contributed by atoms with Gasteiger partial charge >= 0.3 is 5.97 Å². The van der Waals surface area contributed by atoms with Gasteiger partial charge in [0.25, 0.3) is 5.91 Å². The monoisotopic (exact) mass is 504 g/mol. The summed E-state index contributed by atoms with van der Waals surface area (Å²) < 4.78 is 6.34.